The van der Waals surface area contributed by atoms with Crippen LogP contribution in [0.5, 0.6) is 5.75 Å². The molecule has 1 N–H and O–H groups in total. The molecule has 2 heterocycles. The van der Waals surface area contributed by atoms with Crippen molar-refractivity contribution >= 4 is 17.3 Å². The number of carbonyl (C=O) groups excluding carboxylic acids is 1. The molecule has 0 spiro atoms. The number of carbonyl (C=O) groups is 1. The summed E-state index contributed by atoms with van der Waals surface area (Å²) in [7, 11) is 0. The van der Waals surface area contributed by atoms with Gasteiger partial charge in [0.15, 0.2) is 12.4 Å². The molecule has 2 aliphatic heterocycles. The molecule has 0 unspecified atom stereocenters. The molecule has 2 aromatic rings. The highest BCUT2D eigenvalue weighted by Gasteiger charge is 2.29. The Morgan fingerprint density at radius 3 is 2.52 bits per heavy atom. The second-order valence-electron chi connectivity index (χ2n) is 6.26. The fourth-order valence-electron chi connectivity index (χ4n) is 3.32. The zero-order valence-corrected chi connectivity index (χ0v) is 13.9. The highest BCUT2D eigenvalue weighted by atomic mass is 19.1. The number of halogens is 1. The fraction of sp³-hybridized carbons (Fsp3) is 0.316. The van der Waals surface area contributed by atoms with Crippen LogP contribution in [0, 0.1) is 5.82 Å². The van der Waals surface area contributed by atoms with Crippen LogP contribution in [-0.2, 0) is 11.3 Å². The predicted octanol–water partition coefficient (Wildman–Crippen LogP) is 2.16. The first kappa shape index (κ1) is 15.9. The van der Waals surface area contributed by atoms with Gasteiger partial charge in [-0.25, -0.2) is 4.39 Å². The zero-order valence-electron chi connectivity index (χ0n) is 13.9. The van der Waals surface area contributed by atoms with Crippen LogP contribution < -0.4 is 19.9 Å². The molecule has 5 nitrogen and oxygen atoms in total. The number of amides is 1. The third kappa shape index (κ3) is 3.17. The minimum absolute atomic E-state index is 0.0251. The monoisotopic (exact) mass is 341 g/mol. The first-order valence-electron chi connectivity index (χ1n) is 8.49. The van der Waals surface area contributed by atoms with E-state index in [9.17, 15) is 9.18 Å². The smallest absolute Gasteiger partial charge is 0.265 e. The lowest BCUT2D eigenvalue weighted by Gasteiger charge is -2.35. The predicted molar refractivity (Wildman–Crippen MR) is 94.6 cm³/mol. The number of nitrogens with one attached hydrogen (secondary N) is 1. The van der Waals surface area contributed by atoms with E-state index in [1.807, 2.05) is 18.2 Å². The molecule has 0 bridgehead atoms. The number of hydrogen-bond donors (Lipinski definition) is 1. The summed E-state index contributed by atoms with van der Waals surface area (Å²) in [5.41, 5.74) is 2.68. The molecule has 4 rings (SSSR count). The Balaban J connectivity index is 1.66. The molecule has 130 valence electrons. The van der Waals surface area contributed by atoms with Gasteiger partial charge in [0.2, 0.25) is 0 Å². The van der Waals surface area contributed by atoms with E-state index in [0.717, 1.165) is 48.9 Å². The molecule has 25 heavy (non-hydrogen) atoms. The third-order valence-corrected chi connectivity index (χ3v) is 4.62. The standard InChI is InChI=1S/C19H20FN3O2/c20-15-6-4-14(5-7-15)12-23-17-3-1-2-16(19(17)25-13-18(23)24)22-10-8-21-9-11-22/h1-7,21H,8-13H2. The quantitative estimate of drug-likeness (QED) is 0.929. The molecular weight excluding hydrogens is 321 g/mol. The summed E-state index contributed by atoms with van der Waals surface area (Å²) in [5.74, 6) is 0.388. The van der Waals surface area contributed by atoms with Crippen molar-refractivity contribution in [3.05, 3.63) is 53.8 Å². The number of fused-ring (bicyclic) bond motifs is 1. The number of piperazine rings is 1. The van der Waals surface area contributed by atoms with Crippen molar-refractivity contribution in [2.24, 2.45) is 0 Å². The van der Waals surface area contributed by atoms with E-state index in [1.165, 1.54) is 12.1 Å². The van der Waals surface area contributed by atoms with Gasteiger partial charge in [-0.1, -0.05) is 18.2 Å². The number of nitrogens with zero attached hydrogens (tertiary/aromatic N) is 2. The first-order valence-corrected chi connectivity index (χ1v) is 8.49. The largest absolute Gasteiger partial charge is 0.479 e. The average Bonchev–Trinajstić information content (AvgIpc) is 2.66. The molecule has 2 aromatic carbocycles. The van der Waals surface area contributed by atoms with Gasteiger partial charge in [0, 0.05) is 26.2 Å². The van der Waals surface area contributed by atoms with Crippen molar-refractivity contribution in [1.82, 2.24) is 5.32 Å². The minimum Gasteiger partial charge on any atom is -0.479 e. The summed E-state index contributed by atoms with van der Waals surface area (Å²) < 4.78 is 18.9. The Labute approximate surface area is 146 Å². The Morgan fingerprint density at radius 2 is 1.76 bits per heavy atom. The van der Waals surface area contributed by atoms with Crippen LogP contribution in [0.2, 0.25) is 0 Å². The van der Waals surface area contributed by atoms with Crippen LogP contribution in [0.1, 0.15) is 5.56 Å². The Morgan fingerprint density at radius 1 is 1.04 bits per heavy atom. The molecule has 0 aromatic heterocycles. The lowest BCUT2D eigenvalue weighted by Crippen LogP contribution is -2.44. The van der Waals surface area contributed by atoms with Crippen molar-refractivity contribution in [2.45, 2.75) is 6.54 Å². The number of rotatable bonds is 3. The maximum absolute atomic E-state index is 13.1. The normalized spacial score (nSPS) is 17.2. The summed E-state index contributed by atoms with van der Waals surface area (Å²) >= 11 is 0. The summed E-state index contributed by atoms with van der Waals surface area (Å²) in [6.07, 6.45) is 0. The Hall–Kier alpha value is -2.60. The van der Waals surface area contributed by atoms with Crippen LogP contribution in [0.25, 0.3) is 0 Å². The number of benzene rings is 2. The molecule has 0 radical (unpaired) electrons. The van der Waals surface area contributed by atoms with Crippen molar-refractivity contribution < 1.29 is 13.9 Å². The van der Waals surface area contributed by atoms with Crippen LogP contribution in [0.3, 0.4) is 0 Å². The maximum atomic E-state index is 13.1. The molecule has 0 atom stereocenters. The summed E-state index contributed by atoms with van der Waals surface area (Å²) in [4.78, 5) is 16.4. The average molecular weight is 341 g/mol. The SMILES string of the molecule is O=C1COc2c(N3CCNCC3)cccc2N1Cc1ccc(F)cc1. The molecule has 1 fully saturated rings. The fourth-order valence-corrected chi connectivity index (χ4v) is 3.32. The van der Waals surface area contributed by atoms with E-state index >= 15 is 0 Å². The van der Waals surface area contributed by atoms with Crippen LogP contribution in [0.4, 0.5) is 15.8 Å². The molecule has 0 aliphatic carbocycles. The second-order valence-corrected chi connectivity index (χ2v) is 6.26. The molecule has 1 saturated heterocycles. The van der Waals surface area contributed by atoms with E-state index < -0.39 is 0 Å². The number of para-hydroxylation sites is 1. The van der Waals surface area contributed by atoms with Crippen molar-refractivity contribution in [1.29, 1.82) is 0 Å². The van der Waals surface area contributed by atoms with Gasteiger partial charge in [-0.15, -0.1) is 0 Å². The van der Waals surface area contributed by atoms with Crippen LogP contribution in [0.15, 0.2) is 42.5 Å². The maximum Gasteiger partial charge on any atom is 0.265 e. The lowest BCUT2D eigenvalue weighted by molar-refractivity contribution is -0.121. The van der Waals surface area contributed by atoms with E-state index in [0.29, 0.717) is 6.54 Å². The van der Waals surface area contributed by atoms with Crippen molar-refractivity contribution in [3.8, 4) is 5.75 Å². The van der Waals surface area contributed by atoms with Crippen LogP contribution in [-0.4, -0.2) is 38.7 Å². The molecule has 2 aliphatic rings. The Bertz CT molecular complexity index is 773. The van der Waals surface area contributed by atoms with Gasteiger partial charge in [-0.05, 0) is 29.8 Å². The highest BCUT2D eigenvalue weighted by molar-refractivity contribution is 5.99. The highest BCUT2D eigenvalue weighted by Crippen LogP contribution is 2.41. The van der Waals surface area contributed by atoms with E-state index in [4.69, 9.17) is 4.74 Å². The van der Waals surface area contributed by atoms with Crippen molar-refractivity contribution in [3.63, 3.8) is 0 Å². The van der Waals surface area contributed by atoms with Gasteiger partial charge in [0.05, 0.1) is 17.9 Å². The van der Waals surface area contributed by atoms with Gasteiger partial charge in [0.25, 0.3) is 5.91 Å². The van der Waals surface area contributed by atoms with Gasteiger partial charge in [-0.2, -0.15) is 0 Å². The van der Waals surface area contributed by atoms with Crippen LogP contribution >= 0.6 is 0 Å². The first-order chi connectivity index (χ1) is 12.2. The Kier molecular flexibility index (Phi) is 4.28. The second kappa shape index (κ2) is 6.72. The summed E-state index contributed by atoms with van der Waals surface area (Å²) in [6, 6.07) is 12.1. The number of hydrogen-bond acceptors (Lipinski definition) is 4. The summed E-state index contributed by atoms with van der Waals surface area (Å²) in [6.45, 7) is 4.11. The third-order valence-electron chi connectivity index (χ3n) is 4.62. The minimum atomic E-state index is -0.279. The van der Waals surface area contributed by atoms with Gasteiger partial charge in [-0.3, -0.25) is 4.79 Å². The van der Waals surface area contributed by atoms with E-state index in [-0.39, 0.29) is 18.3 Å². The van der Waals surface area contributed by atoms with Crippen molar-refractivity contribution in [2.75, 3.05) is 42.6 Å². The van der Waals surface area contributed by atoms with E-state index in [1.54, 1.807) is 17.0 Å². The molecular formula is C19H20FN3O2. The molecule has 0 saturated carbocycles. The van der Waals surface area contributed by atoms with E-state index in [2.05, 4.69) is 10.2 Å². The van der Waals surface area contributed by atoms with Gasteiger partial charge < -0.3 is 19.9 Å². The van der Waals surface area contributed by atoms with Gasteiger partial charge in [0.1, 0.15) is 5.82 Å². The van der Waals surface area contributed by atoms with Gasteiger partial charge >= 0.3 is 0 Å². The number of ether oxygens (including phenoxy) is 1. The summed E-state index contributed by atoms with van der Waals surface area (Å²) in [5, 5.41) is 3.34. The number of anilines is 2. The topological polar surface area (TPSA) is 44.8 Å². The molecule has 6 heteroatoms. The lowest BCUT2D eigenvalue weighted by atomic mass is 10.1. The zero-order chi connectivity index (χ0) is 17.2. The molecule has 1 amide bonds.